The van der Waals surface area contributed by atoms with Crippen molar-refractivity contribution in [2.45, 2.75) is 25.2 Å². The fourth-order valence-corrected chi connectivity index (χ4v) is 3.49. The monoisotopic (exact) mass is 334 g/mol. The van der Waals surface area contributed by atoms with E-state index in [2.05, 4.69) is 23.4 Å². The minimum Gasteiger partial charge on any atom is -0.457 e. The third kappa shape index (κ3) is 3.25. The van der Waals surface area contributed by atoms with Crippen molar-refractivity contribution in [2.24, 2.45) is 0 Å². The molecule has 25 heavy (non-hydrogen) atoms. The van der Waals surface area contributed by atoms with Crippen LogP contribution in [0.4, 0.5) is 5.88 Å². The van der Waals surface area contributed by atoms with Gasteiger partial charge in [0.05, 0.1) is 5.69 Å². The topological polar surface area (TPSA) is 38.5 Å². The number of ether oxygens (including phenoxy) is 1. The van der Waals surface area contributed by atoms with Gasteiger partial charge in [-0.1, -0.05) is 35.5 Å². The molecule has 1 aromatic heterocycles. The molecule has 0 saturated heterocycles. The van der Waals surface area contributed by atoms with Gasteiger partial charge in [-0.15, -0.1) is 0 Å². The zero-order chi connectivity index (χ0) is 17.2. The lowest BCUT2D eigenvalue weighted by Gasteiger charge is -2.22. The molecule has 2 aromatic carbocycles. The third-order valence-corrected chi connectivity index (χ3v) is 4.75. The SMILES string of the molecule is CN(C)c1onc2c1CCC(c1cccc(Oc3ccccc3)c1)C2. The Morgan fingerprint density at radius 3 is 2.64 bits per heavy atom. The molecule has 4 heteroatoms. The van der Waals surface area contributed by atoms with Crippen LogP contribution in [-0.4, -0.2) is 19.3 Å². The first-order valence-corrected chi connectivity index (χ1v) is 8.68. The number of para-hydroxylation sites is 1. The predicted molar refractivity (Wildman–Crippen MR) is 98.6 cm³/mol. The summed E-state index contributed by atoms with van der Waals surface area (Å²) in [4.78, 5) is 2.00. The highest BCUT2D eigenvalue weighted by Crippen LogP contribution is 2.37. The van der Waals surface area contributed by atoms with E-state index in [0.29, 0.717) is 5.92 Å². The number of nitrogens with zero attached hydrogens (tertiary/aromatic N) is 2. The molecule has 0 aliphatic heterocycles. The first-order chi connectivity index (χ1) is 12.2. The van der Waals surface area contributed by atoms with Crippen molar-refractivity contribution < 1.29 is 9.26 Å². The minimum atomic E-state index is 0.451. The first-order valence-electron chi connectivity index (χ1n) is 8.68. The van der Waals surface area contributed by atoms with Crippen molar-refractivity contribution in [3.05, 3.63) is 71.4 Å². The van der Waals surface area contributed by atoms with Crippen LogP contribution in [0.3, 0.4) is 0 Å². The molecular formula is C21H22N2O2. The van der Waals surface area contributed by atoms with E-state index in [-0.39, 0.29) is 0 Å². The largest absolute Gasteiger partial charge is 0.457 e. The van der Waals surface area contributed by atoms with Crippen LogP contribution >= 0.6 is 0 Å². The molecule has 0 fully saturated rings. The number of benzene rings is 2. The van der Waals surface area contributed by atoms with Crippen LogP contribution < -0.4 is 9.64 Å². The Kier molecular flexibility index (Phi) is 4.18. The van der Waals surface area contributed by atoms with Crippen LogP contribution in [-0.2, 0) is 12.8 Å². The highest BCUT2D eigenvalue weighted by molar-refractivity contribution is 5.47. The van der Waals surface area contributed by atoms with Crippen molar-refractivity contribution in [2.75, 3.05) is 19.0 Å². The third-order valence-electron chi connectivity index (χ3n) is 4.75. The molecule has 1 heterocycles. The molecule has 1 aliphatic rings. The van der Waals surface area contributed by atoms with Gasteiger partial charge in [0.1, 0.15) is 11.5 Å². The Labute approximate surface area is 148 Å². The summed E-state index contributed by atoms with van der Waals surface area (Å²) in [5.74, 6) is 3.09. The standard InChI is InChI=1S/C21H22N2O2/c1-23(2)21-19-12-11-16(14-20(19)22-25-21)15-7-6-10-18(13-15)24-17-8-4-3-5-9-17/h3-10,13,16H,11-12,14H2,1-2H3. The molecule has 128 valence electrons. The molecule has 1 unspecified atom stereocenters. The van der Waals surface area contributed by atoms with Gasteiger partial charge in [0.25, 0.3) is 0 Å². The summed E-state index contributed by atoms with van der Waals surface area (Å²) in [6, 6.07) is 18.3. The maximum Gasteiger partial charge on any atom is 0.230 e. The quantitative estimate of drug-likeness (QED) is 0.686. The zero-order valence-corrected chi connectivity index (χ0v) is 14.6. The molecule has 3 aromatic rings. The Hall–Kier alpha value is -2.75. The van der Waals surface area contributed by atoms with Crippen LogP contribution in [0.15, 0.2) is 59.1 Å². The summed E-state index contributed by atoms with van der Waals surface area (Å²) in [6.45, 7) is 0. The molecule has 0 N–H and O–H groups in total. The number of aromatic nitrogens is 1. The van der Waals surface area contributed by atoms with Gasteiger partial charge < -0.3 is 14.2 Å². The summed E-state index contributed by atoms with van der Waals surface area (Å²) in [7, 11) is 3.99. The second-order valence-electron chi connectivity index (χ2n) is 6.73. The number of hydrogen-bond donors (Lipinski definition) is 0. The summed E-state index contributed by atoms with van der Waals surface area (Å²) in [5, 5.41) is 4.30. The lowest BCUT2D eigenvalue weighted by atomic mass is 9.83. The van der Waals surface area contributed by atoms with Crippen LogP contribution in [0, 0.1) is 0 Å². The van der Waals surface area contributed by atoms with Crippen molar-refractivity contribution in [1.82, 2.24) is 5.16 Å². The summed E-state index contributed by atoms with van der Waals surface area (Å²) in [6.07, 6.45) is 3.02. The summed E-state index contributed by atoms with van der Waals surface area (Å²) < 4.78 is 11.5. The van der Waals surface area contributed by atoms with E-state index in [1.54, 1.807) is 0 Å². The van der Waals surface area contributed by atoms with Crippen molar-refractivity contribution >= 4 is 5.88 Å². The van der Waals surface area contributed by atoms with Gasteiger partial charge in [0, 0.05) is 26.1 Å². The van der Waals surface area contributed by atoms with E-state index >= 15 is 0 Å². The zero-order valence-electron chi connectivity index (χ0n) is 14.6. The molecule has 0 radical (unpaired) electrons. The predicted octanol–water partition coefficient (Wildman–Crippen LogP) is 4.81. The highest BCUT2D eigenvalue weighted by atomic mass is 16.5. The van der Waals surface area contributed by atoms with Gasteiger partial charge in [-0.3, -0.25) is 0 Å². The molecule has 1 aliphatic carbocycles. The Morgan fingerprint density at radius 1 is 1.04 bits per heavy atom. The van der Waals surface area contributed by atoms with E-state index in [4.69, 9.17) is 9.26 Å². The number of rotatable bonds is 4. The fraction of sp³-hybridized carbons (Fsp3) is 0.286. The van der Waals surface area contributed by atoms with E-state index in [9.17, 15) is 0 Å². The number of anilines is 1. The highest BCUT2D eigenvalue weighted by Gasteiger charge is 2.27. The summed E-state index contributed by atoms with van der Waals surface area (Å²) in [5.41, 5.74) is 3.65. The van der Waals surface area contributed by atoms with Crippen molar-refractivity contribution in [3.8, 4) is 11.5 Å². The van der Waals surface area contributed by atoms with Crippen LogP contribution in [0.25, 0.3) is 0 Å². The van der Waals surface area contributed by atoms with Crippen LogP contribution in [0.5, 0.6) is 11.5 Å². The molecule has 1 atom stereocenters. The molecule has 4 nitrogen and oxygen atoms in total. The van der Waals surface area contributed by atoms with Gasteiger partial charge >= 0.3 is 0 Å². The molecule has 0 bridgehead atoms. The number of hydrogen-bond acceptors (Lipinski definition) is 4. The van der Waals surface area contributed by atoms with E-state index in [0.717, 1.165) is 42.3 Å². The average molecular weight is 334 g/mol. The van der Waals surface area contributed by atoms with Gasteiger partial charge in [0.2, 0.25) is 5.88 Å². The van der Waals surface area contributed by atoms with Crippen LogP contribution in [0.2, 0.25) is 0 Å². The van der Waals surface area contributed by atoms with Crippen molar-refractivity contribution in [3.63, 3.8) is 0 Å². The maximum absolute atomic E-state index is 5.97. The molecule has 0 saturated carbocycles. The first kappa shape index (κ1) is 15.8. The smallest absolute Gasteiger partial charge is 0.230 e. The van der Waals surface area contributed by atoms with Crippen LogP contribution in [0.1, 0.15) is 29.2 Å². The maximum atomic E-state index is 5.97. The fourth-order valence-electron chi connectivity index (χ4n) is 3.49. The van der Waals surface area contributed by atoms with E-state index in [1.807, 2.05) is 55.4 Å². The molecule has 0 amide bonds. The Balaban J connectivity index is 1.53. The van der Waals surface area contributed by atoms with Crippen molar-refractivity contribution in [1.29, 1.82) is 0 Å². The van der Waals surface area contributed by atoms with Gasteiger partial charge in [0.15, 0.2) is 0 Å². The normalized spacial score (nSPS) is 16.3. The lowest BCUT2D eigenvalue weighted by Crippen LogP contribution is -2.15. The molecular weight excluding hydrogens is 312 g/mol. The van der Waals surface area contributed by atoms with Gasteiger partial charge in [-0.25, -0.2) is 0 Å². The number of fused-ring (bicyclic) bond motifs is 1. The lowest BCUT2D eigenvalue weighted by molar-refractivity contribution is 0.413. The second-order valence-corrected chi connectivity index (χ2v) is 6.73. The minimum absolute atomic E-state index is 0.451. The van der Waals surface area contributed by atoms with Gasteiger partial charge in [-0.2, -0.15) is 0 Å². The second kappa shape index (κ2) is 6.63. The van der Waals surface area contributed by atoms with E-state index < -0.39 is 0 Å². The Morgan fingerprint density at radius 2 is 1.84 bits per heavy atom. The van der Waals surface area contributed by atoms with E-state index in [1.165, 1.54) is 11.1 Å². The Bertz CT molecular complexity index is 855. The summed E-state index contributed by atoms with van der Waals surface area (Å²) >= 11 is 0. The molecule has 4 rings (SSSR count). The van der Waals surface area contributed by atoms with Gasteiger partial charge in [-0.05, 0) is 48.6 Å². The molecule has 0 spiro atoms. The average Bonchev–Trinajstić information content (AvgIpc) is 3.06.